The molecule has 0 radical (unpaired) electrons. The number of aromatic nitrogens is 2. The Morgan fingerprint density at radius 2 is 2.47 bits per heavy atom. The molecule has 5 nitrogen and oxygen atoms in total. The SMILES string of the molecule is CC(Oc1cnn(C)c1)C(=O)NC1CC1. The van der Waals surface area contributed by atoms with Crippen molar-refractivity contribution < 1.29 is 9.53 Å². The fourth-order valence-corrected chi connectivity index (χ4v) is 1.26. The topological polar surface area (TPSA) is 56.2 Å². The van der Waals surface area contributed by atoms with Crippen LogP contribution in [-0.4, -0.2) is 27.8 Å². The second kappa shape index (κ2) is 3.92. The summed E-state index contributed by atoms with van der Waals surface area (Å²) in [6.45, 7) is 1.74. The number of carbonyl (C=O) groups excluding carboxylic acids is 1. The number of hydrogen-bond acceptors (Lipinski definition) is 3. The van der Waals surface area contributed by atoms with Crippen molar-refractivity contribution in [3.8, 4) is 5.75 Å². The van der Waals surface area contributed by atoms with Crippen molar-refractivity contribution in [1.29, 1.82) is 0 Å². The summed E-state index contributed by atoms with van der Waals surface area (Å²) >= 11 is 0. The number of aryl methyl sites for hydroxylation is 1. The van der Waals surface area contributed by atoms with E-state index in [-0.39, 0.29) is 5.91 Å². The monoisotopic (exact) mass is 209 g/mol. The van der Waals surface area contributed by atoms with Crippen molar-refractivity contribution >= 4 is 5.91 Å². The van der Waals surface area contributed by atoms with Gasteiger partial charge < -0.3 is 10.1 Å². The van der Waals surface area contributed by atoms with E-state index in [9.17, 15) is 4.79 Å². The van der Waals surface area contributed by atoms with Gasteiger partial charge in [-0.2, -0.15) is 5.10 Å². The third-order valence-corrected chi connectivity index (χ3v) is 2.29. The molecule has 0 saturated heterocycles. The van der Waals surface area contributed by atoms with Gasteiger partial charge in [-0.25, -0.2) is 0 Å². The molecule has 1 aromatic heterocycles. The van der Waals surface area contributed by atoms with Gasteiger partial charge in [0.05, 0.1) is 12.4 Å². The Kier molecular flexibility index (Phi) is 2.62. The summed E-state index contributed by atoms with van der Waals surface area (Å²) < 4.78 is 7.07. The second-order valence-electron chi connectivity index (χ2n) is 3.89. The zero-order chi connectivity index (χ0) is 10.8. The first-order valence-corrected chi connectivity index (χ1v) is 5.11. The summed E-state index contributed by atoms with van der Waals surface area (Å²) in [6.07, 6.45) is 5.05. The van der Waals surface area contributed by atoms with Gasteiger partial charge in [0.15, 0.2) is 11.9 Å². The summed E-state index contributed by atoms with van der Waals surface area (Å²) in [5.41, 5.74) is 0. The normalized spacial score (nSPS) is 17.2. The molecule has 0 aromatic carbocycles. The highest BCUT2D eigenvalue weighted by Gasteiger charge is 2.26. The van der Waals surface area contributed by atoms with Crippen molar-refractivity contribution in [2.24, 2.45) is 7.05 Å². The number of carbonyl (C=O) groups is 1. The van der Waals surface area contributed by atoms with Crippen LogP contribution in [0.3, 0.4) is 0 Å². The molecule has 1 unspecified atom stereocenters. The third-order valence-electron chi connectivity index (χ3n) is 2.29. The summed E-state index contributed by atoms with van der Waals surface area (Å²) in [7, 11) is 1.81. The van der Waals surface area contributed by atoms with Gasteiger partial charge in [-0.1, -0.05) is 0 Å². The van der Waals surface area contributed by atoms with Crippen LogP contribution in [0.15, 0.2) is 12.4 Å². The summed E-state index contributed by atoms with van der Waals surface area (Å²) in [6, 6.07) is 0.373. The molecule has 0 aliphatic heterocycles. The Morgan fingerprint density at radius 1 is 1.73 bits per heavy atom. The molecule has 1 aliphatic carbocycles. The number of nitrogens with one attached hydrogen (secondary N) is 1. The third kappa shape index (κ3) is 2.71. The van der Waals surface area contributed by atoms with Crippen LogP contribution in [0.4, 0.5) is 0 Å². The van der Waals surface area contributed by atoms with Crippen LogP contribution in [-0.2, 0) is 11.8 Å². The second-order valence-corrected chi connectivity index (χ2v) is 3.89. The Bertz CT molecular complexity index is 357. The van der Waals surface area contributed by atoms with Crippen molar-refractivity contribution in [3.05, 3.63) is 12.4 Å². The lowest BCUT2D eigenvalue weighted by Gasteiger charge is -2.12. The van der Waals surface area contributed by atoms with Gasteiger partial charge in [-0.05, 0) is 19.8 Å². The predicted molar refractivity (Wildman–Crippen MR) is 54.5 cm³/mol. The Balaban J connectivity index is 1.84. The van der Waals surface area contributed by atoms with Gasteiger partial charge in [-0.15, -0.1) is 0 Å². The van der Waals surface area contributed by atoms with Crippen LogP contribution in [0.25, 0.3) is 0 Å². The van der Waals surface area contributed by atoms with Crippen molar-refractivity contribution in [2.45, 2.75) is 31.9 Å². The molecule has 0 bridgehead atoms. The maximum absolute atomic E-state index is 11.5. The molecular weight excluding hydrogens is 194 g/mol. The van der Waals surface area contributed by atoms with Crippen LogP contribution < -0.4 is 10.1 Å². The van der Waals surface area contributed by atoms with Gasteiger partial charge in [0.2, 0.25) is 0 Å². The van der Waals surface area contributed by atoms with Gasteiger partial charge in [-0.3, -0.25) is 9.48 Å². The van der Waals surface area contributed by atoms with E-state index >= 15 is 0 Å². The zero-order valence-electron chi connectivity index (χ0n) is 8.93. The molecule has 0 spiro atoms. The average molecular weight is 209 g/mol. The first-order chi connectivity index (χ1) is 7.15. The minimum absolute atomic E-state index is 0.0543. The highest BCUT2D eigenvalue weighted by Crippen LogP contribution is 2.19. The highest BCUT2D eigenvalue weighted by atomic mass is 16.5. The van der Waals surface area contributed by atoms with E-state index in [2.05, 4.69) is 10.4 Å². The molecule has 1 fully saturated rings. The van der Waals surface area contributed by atoms with E-state index in [1.807, 2.05) is 7.05 Å². The minimum atomic E-state index is -0.463. The van der Waals surface area contributed by atoms with Crippen molar-refractivity contribution in [2.75, 3.05) is 0 Å². The molecule has 1 saturated carbocycles. The van der Waals surface area contributed by atoms with Crippen molar-refractivity contribution in [1.82, 2.24) is 15.1 Å². The lowest BCUT2D eigenvalue weighted by Crippen LogP contribution is -2.37. The molecule has 2 rings (SSSR count). The van der Waals surface area contributed by atoms with Gasteiger partial charge in [0, 0.05) is 13.1 Å². The molecule has 1 amide bonds. The fourth-order valence-electron chi connectivity index (χ4n) is 1.26. The maximum Gasteiger partial charge on any atom is 0.260 e. The lowest BCUT2D eigenvalue weighted by atomic mass is 10.3. The summed E-state index contributed by atoms with van der Waals surface area (Å²) in [5.74, 6) is 0.567. The first-order valence-electron chi connectivity index (χ1n) is 5.11. The smallest absolute Gasteiger partial charge is 0.260 e. The van der Waals surface area contributed by atoms with E-state index in [0.29, 0.717) is 11.8 Å². The van der Waals surface area contributed by atoms with Crippen molar-refractivity contribution in [3.63, 3.8) is 0 Å². The van der Waals surface area contributed by atoms with E-state index in [4.69, 9.17) is 4.74 Å². The first kappa shape index (κ1) is 10.0. The molecule has 1 atom stereocenters. The molecule has 5 heteroatoms. The van der Waals surface area contributed by atoms with Crippen LogP contribution >= 0.6 is 0 Å². The van der Waals surface area contributed by atoms with E-state index in [1.165, 1.54) is 0 Å². The van der Waals surface area contributed by atoms with Crippen LogP contribution in [0, 0.1) is 0 Å². The number of ether oxygens (including phenoxy) is 1. The molecule has 1 N–H and O–H groups in total. The molecular formula is C10H15N3O2. The highest BCUT2D eigenvalue weighted by molar-refractivity contribution is 5.81. The number of nitrogens with zero attached hydrogens (tertiary/aromatic N) is 2. The van der Waals surface area contributed by atoms with E-state index in [0.717, 1.165) is 12.8 Å². The molecule has 1 aliphatic rings. The minimum Gasteiger partial charge on any atom is -0.478 e. The van der Waals surface area contributed by atoms with E-state index < -0.39 is 6.10 Å². The summed E-state index contributed by atoms with van der Waals surface area (Å²) in [5, 5.41) is 6.85. The Morgan fingerprint density at radius 3 is 3.00 bits per heavy atom. The van der Waals surface area contributed by atoms with Gasteiger partial charge in [0.25, 0.3) is 5.91 Å². The zero-order valence-corrected chi connectivity index (χ0v) is 8.93. The lowest BCUT2D eigenvalue weighted by molar-refractivity contribution is -0.127. The number of hydrogen-bond donors (Lipinski definition) is 1. The molecule has 82 valence electrons. The fraction of sp³-hybridized carbons (Fsp3) is 0.600. The van der Waals surface area contributed by atoms with Crippen LogP contribution in [0.5, 0.6) is 5.75 Å². The number of amides is 1. The molecule has 1 heterocycles. The number of rotatable bonds is 4. The van der Waals surface area contributed by atoms with Gasteiger partial charge in [0.1, 0.15) is 0 Å². The average Bonchev–Trinajstić information content (AvgIpc) is 2.90. The summed E-state index contributed by atoms with van der Waals surface area (Å²) in [4.78, 5) is 11.5. The van der Waals surface area contributed by atoms with Crippen LogP contribution in [0.1, 0.15) is 19.8 Å². The quantitative estimate of drug-likeness (QED) is 0.784. The van der Waals surface area contributed by atoms with Gasteiger partial charge >= 0.3 is 0 Å². The molecule has 15 heavy (non-hydrogen) atoms. The largest absolute Gasteiger partial charge is 0.478 e. The Hall–Kier alpha value is -1.52. The van der Waals surface area contributed by atoms with Crippen LogP contribution in [0.2, 0.25) is 0 Å². The molecule has 1 aromatic rings. The predicted octanol–water partition coefficient (Wildman–Crippen LogP) is 0.466. The van der Waals surface area contributed by atoms with E-state index in [1.54, 1.807) is 24.0 Å². The maximum atomic E-state index is 11.5. The Labute approximate surface area is 88.4 Å². The standard InChI is InChI=1S/C10H15N3O2/c1-7(10(14)12-8-3-4-8)15-9-5-11-13(2)6-9/h5-8H,3-4H2,1-2H3,(H,12,14).